The van der Waals surface area contributed by atoms with Crippen LogP contribution in [-0.4, -0.2) is 30.8 Å². The Bertz CT molecular complexity index is 110. The van der Waals surface area contributed by atoms with Crippen LogP contribution in [0.15, 0.2) is 0 Å². The molecule has 0 fully saturated rings. The van der Waals surface area contributed by atoms with E-state index < -0.39 is 12.0 Å². The van der Waals surface area contributed by atoms with E-state index in [4.69, 9.17) is 10.8 Å². The molecule has 0 aliphatic carbocycles. The van der Waals surface area contributed by atoms with Crippen LogP contribution in [0.25, 0.3) is 0 Å². The van der Waals surface area contributed by atoms with E-state index in [-0.39, 0.29) is 19.0 Å². The predicted molar refractivity (Wildman–Crippen MR) is 43.6 cm³/mol. The summed E-state index contributed by atoms with van der Waals surface area (Å²) in [6.45, 7) is 0.0602. The summed E-state index contributed by atoms with van der Waals surface area (Å²) < 4.78 is 4.36. The zero-order chi connectivity index (χ0) is 7.98. The largest absolute Gasteiger partial charge is 0.468 e. The molecule has 0 aliphatic rings. The van der Waals surface area contributed by atoms with Crippen molar-refractivity contribution in [2.24, 2.45) is 5.73 Å². The molecule has 5 heteroatoms. The van der Waals surface area contributed by atoms with Gasteiger partial charge in [-0.3, -0.25) is 4.79 Å². The molecule has 4 nitrogen and oxygen atoms in total. The molecule has 0 spiro atoms. The van der Waals surface area contributed by atoms with Crippen molar-refractivity contribution in [1.82, 2.24) is 0 Å². The van der Waals surface area contributed by atoms with Crippen LogP contribution in [0.1, 0.15) is 12.8 Å². The second-order valence-corrected chi connectivity index (χ2v) is 2.00. The minimum absolute atomic E-state index is 0. The summed E-state index contributed by atoms with van der Waals surface area (Å²) in [7, 11) is 1.29. The van der Waals surface area contributed by atoms with Crippen molar-refractivity contribution >= 4 is 18.4 Å². The lowest BCUT2D eigenvalue weighted by atomic mass is 10.2. The predicted octanol–water partition coefficient (Wildman–Crippen LogP) is -0.319. The molecular formula is C6H14ClNO3. The first-order valence-corrected chi connectivity index (χ1v) is 3.16. The molecule has 11 heavy (non-hydrogen) atoms. The lowest BCUT2D eigenvalue weighted by Crippen LogP contribution is -2.31. The molecule has 0 heterocycles. The van der Waals surface area contributed by atoms with Crippen molar-refractivity contribution in [3.8, 4) is 0 Å². The Hall–Kier alpha value is -0.320. The van der Waals surface area contributed by atoms with Gasteiger partial charge in [-0.15, -0.1) is 12.4 Å². The van der Waals surface area contributed by atoms with Crippen LogP contribution in [0.2, 0.25) is 0 Å². The molecule has 0 aromatic rings. The molecule has 0 aromatic carbocycles. The highest BCUT2D eigenvalue weighted by Crippen LogP contribution is 1.94. The Labute approximate surface area is 72.1 Å². The molecule has 0 aromatic heterocycles. The fourth-order valence-corrected chi connectivity index (χ4v) is 0.580. The quantitative estimate of drug-likeness (QED) is 0.586. The Balaban J connectivity index is 0. The van der Waals surface area contributed by atoms with E-state index in [0.717, 1.165) is 0 Å². The van der Waals surface area contributed by atoms with Gasteiger partial charge in [-0.25, -0.2) is 0 Å². The number of rotatable bonds is 4. The third kappa shape index (κ3) is 6.09. The van der Waals surface area contributed by atoms with Gasteiger partial charge in [-0.2, -0.15) is 0 Å². The normalized spacial score (nSPS) is 11.5. The van der Waals surface area contributed by atoms with Crippen molar-refractivity contribution in [2.45, 2.75) is 18.9 Å². The number of hydrogen-bond acceptors (Lipinski definition) is 4. The minimum atomic E-state index is -0.586. The smallest absolute Gasteiger partial charge is 0.322 e. The van der Waals surface area contributed by atoms with E-state index >= 15 is 0 Å². The standard InChI is InChI=1S/C6H13NO3.ClH/c1-10-6(9)5(7)3-2-4-8;/h5,8H,2-4,7H2,1H3;1H/t5-;/m0./s1. The Morgan fingerprint density at radius 1 is 1.73 bits per heavy atom. The summed E-state index contributed by atoms with van der Waals surface area (Å²) in [5.41, 5.74) is 5.33. The fraction of sp³-hybridized carbons (Fsp3) is 0.833. The summed E-state index contributed by atoms with van der Waals surface area (Å²) in [6.07, 6.45) is 1.01. The van der Waals surface area contributed by atoms with Crippen LogP contribution < -0.4 is 5.73 Å². The summed E-state index contributed by atoms with van der Waals surface area (Å²) in [5.74, 6) is -0.423. The van der Waals surface area contributed by atoms with Crippen LogP contribution in [0.3, 0.4) is 0 Å². The highest BCUT2D eigenvalue weighted by molar-refractivity contribution is 5.85. The van der Waals surface area contributed by atoms with Crippen molar-refractivity contribution in [2.75, 3.05) is 13.7 Å². The molecule has 1 atom stereocenters. The highest BCUT2D eigenvalue weighted by atomic mass is 35.5. The van der Waals surface area contributed by atoms with Gasteiger partial charge in [0.2, 0.25) is 0 Å². The van der Waals surface area contributed by atoms with Gasteiger partial charge >= 0.3 is 5.97 Å². The first-order chi connectivity index (χ1) is 4.72. The molecule has 0 saturated carbocycles. The maximum atomic E-state index is 10.6. The molecule has 3 N–H and O–H groups in total. The Kier molecular flexibility index (Phi) is 9.40. The van der Waals surface area contributed by atoms with Crippen molar-refractivity contribution in [3.63, 3.8) is 0 Å². The molecule has 0 unspecified atom stereocenters. The van der Waals surface area contributed by atoms with Crippen LogP contribution in [-0.2, 0) is 9.53 Å². The fourth-order valence-electron chi connectivity index (χ4n) is 0.580. The number of methoxy groups -OCH3 is 1. The van der Waals surface area contributed by atoms with E-state index in [0.29, 0.717) is 12.8 Å². The zero-order valence-electron chi connectivity index (χ0n) is 6.45. The molecular weight excluding hydrogens is 170 g/mol. The molecule has 0 saturated heterocycles. The topological polar surface area (TPSA) is 72.5 Å². The third-order valence-electron chi connectivity index (χ3n) is 1.18. The van der Waals surface area contributed by atoms with E-state index in [2.05, 4.69) is 4.74 Å². The van der Waals surface area contributed by atoms with Crippen LogP contribution >= 0.6 is 12.4 Å². The van der Waals surface area contributed by atoms with Crippen LogP contribution in [0, 0.1) is 0 Å². The van der Waals surface area contributed by atoms with Gasteiger partial charge in [0.15, 0.2) is 0 Å². The van der Waals surface area contributed by atoms with Gasteiger partial charge in [-0.1, -0.05) is 0 Å². The van der Waals surface area contributed by atoms with E-state index in [1.54, 1.807) is 0 Å². The number of carbonyl (C=O) groups is 1. The van der Waals surface area contributed by atoms with Crippen LogP contribution in [0.5, 0.6) is 0 Å². The molecule has 0 aliphatic heterocycles. The minimum Gasteiger partial charge on any atom is -0.468 e. The van der Waals surface area contributed by atoms with Gasteiger partial charge in [-0.05, 0) is 12.8 Å². The number of halogens is 1. The maximum absolute atomic E-state index is 10.6. The van der Waals surface area contributed by atoms with Gasteiger partial charge in [0, 0.05) is 6.61 Å². The van der Waals surface area contributed by atoms with E-state index in [9.17, 15) is 4.79 Å². The van der Waals surface area contributed by atoms with Crippen molar-refractivity contribution in [3.05, 3.63) is 0 Å². The summed E-state index contributed by atoms with van der Waals surface area (Å²) in [6, 6.07) is -0.586. The summed E-state index contributed by atoms with van der Waals surface area (Å²) in [4.78, 5) is 10.6. The second kappa shape index (κ2) is 7.78. The first-order valence-electron chi connectivity index (χ1n) is 3.16. The molecule has 0 rings (SSSR count). The number of nitrogens with two attached hydrogens (primary N) is 1. The average Bonchev–Trinajstić information content (AvgIpc) is 1.98. The number of hydrogen-bond donors (Lipinski definition) is 2. The number of aliphatic hydroxyl groups excluding tert-OH is 1. The van der Waals surface area contributed by atoms with Gasteiger partial charge in [0.1, 0.15) is 6.04 Å². The van der Waals surface area contributed by atoms with Crippen molar-refractivity contribution in [1.29, 1.82) is 0 Å². The zero-order valence-corrected chi connectivity index (χ0v) is 7.26. The third-order valence-corrected chi connectivity index (χ3v) is 1.18. The summed E-state index contributed by atoms with van der Waals surface area (Å²) >= 11 is 0. The lowest BCUT2D eigenvalue weighted by Gasteiger charge is -2.06. The SMILES string of the molecule is COC(=O)[C@@H](N)CCCO.Cl. The van der Waals surface area contributed by atoms with Crippen LogP contribution in [0.4, 0.5) is 0 Å². The number of esters is 1. The number of ether oxygens (including phenoxy) is 1. The molecule has 0 amide bonds. The average molecular weight is 184 g/mol. The molecule has 68 valence electrons. The van der Waals surface area contributed by atoms with Crippen molar-refractivity contribution < 1.29 is 14.6 Å². The van der Waals surface area contributed by atoms with Gasteiger partial charge in [0.05, 0.1) is 7.11 Å². The monoisotopic (exact) mass is 183 g/mol. The second-order valence-electron chi connectivity index (χ2n) is 2.00. The molecule has 0 bridgehead atoms. The van der Waals surface area contributed by atoms with Gasteiger partial charge < -0.3 is 15.6 Å². The number of carbonyl (C=O) groups excluding carboxylic acids is 1. The first kappa shape index (κ1) is 13.3. The molecule has 0 radical (unpaired) electrons. The Morgan fingerprint density at radius 2 is 2.27 bits per heavy atom. The van der Waals surface area contributed by atoms with E-state index in [1.165, 1.54) is 7.11 Å². The number of aliphatic hydroxyl groups is 1. The van der Waals surface area contributed by atoms with E-state index in [1.807, 2.05) is 0 Å². The lowest BCUT2D eigenvalue weighted by molar-refractivity contribution is -0.142. The Morgan fingerprint density at radius 3 is 2.64 bits per heavy atom. The summed E-state index contributed by atoms with van der Waals surface area (Å²) in [5, 5.41) is 8.36. The highest BCUT2D eigenvalue weighted by Gasteiger charge is 2.11. The van der Waals surface area contributed by atoms with Gasteiger partial charge in [0.25, 0.3) is 0 Å². The maximum Gasteiger partial charge on any atom is 0.322 e.